The first-order chi connectivity index (χ1) is 6.88. The van der Waals surface area contributed by atoms with Gasteiger partial charge in [0.15, 0.2) is 5.82 Å². The van der Waals surface area contributed by atoms with Gasteiger partial charge in [0.2, 0.25) is 0 Å². The number of nitrogens with zero attached hydrogens (tertiary/aromatic N) is 2. The SMILES string of the molecule is NNc1cncc(NC2CCCC2)n1. The van der Waals surface area contributed by atoms with Gasteiger partial charge in [0, 0.05) is 6.04 Å². The second-order valence-electron chi connectivity index (χ2n) is 3.56. The second-order valence-corrected chi connectivity index (χ2v) is 3.56. The summed E-state index contributed by atoms with van der Waals surface area (Å²) in [7, 11) is 0. The lowest BCUT2D eigenvalue weighted by molar-refractivity contribution is 0.749. The minimum Gasteiger partial charge on any atom is -0.366 e. The molecule has 76 valence electrons. The standard InChI is InChI=1S/C9H15N5/c10-14-9-6-11-5-8(13-9)12-7-3-1-2-4-7/h5-7H,1-4,10H2,(H2,12,13,14). The Hall–Kier alpha value is -1.36. The summed E-state index contributed by atoms with van der Waals surface area (Å²) < 4.78 is 0. The lowest BCUT2D eigenvalue weighted by atomic mass is 10.2. The molecule has 0 radical (unpaired) electrons. The Morgan fingerprint density at radius 1 is 1.21 bits per heavy atom. The van der Waals surface area contributed by atoms with E-state index in [9.17, 15) is 0 Å². The Bertz CT molecular complexity index is 295. The summed E-state index contributed by atoms with van der Waals surface area (Å²) in [4.78, 5) is 8.28. The van der Waals surface area contributed by atoms with Gasteiger partial charge in [0.25, 0.3) is 0 Å². The van der Waals surface area contributed by atoms with Crippen molar-refractivity contribution in [1.29, 1.82) is 0 Å². The molecule has 0 atom stereocenters. The van der Waals surface area contributed by atoms with E-state index in [1.165, 1.54) is 25.7 Å². The maximum atomic E-state index is 5.25. The van der Waals surface area contributed by atoms with Gasteiger partial charge in [-0.15, -0.1) is 0 Å². The zero-order valence-electron chi connectivity index (χ0n) is 8.03. The number of nitrogen functional groups attached to an aromatic ring is 1. The molecule has 1 saturated carbocycles. The predicted molar refractivity (Wildman–Crippen MR) is 55.7 cm³/mol. The lowest BCUT2D eigenvalue weighted by Gasteiger charge is -2.12. The van der Waals surface area contributed by atoms with E-state index < -0.39 is 0 Å². The average molecular weight is 193 g/mol. The van der Waals surface area contributed by atoms with Gasteiger partial charge in [-0.25, -0.2) is 10.8 Å². The Morgan fingerprint density at radius 2 is 1.93 bits per heavy atom. The molecular formula is C9H15N5. The number of rotatable bonds is 3. The molecular weight excluding hydrogens is 178 g/mol. The van der Waals surface area contributed by atoms with Gasteiger partial charge in [0.1, 0.15) is 5.82 Å². The monoisotopic (exact) mass is 193 g/mol. The number of hydrogen-bond acceptors (Lipinski definition) is 5. The fourth-order valence-electron chi connectivity index (χ4n) is 1.78. The topological polar surface area (TPSA) is 75.9 Å². The van der Waals surface area contributed by atoms with E-state index in [4.69, 9.17) is 5.84 Å². The molecule has 0 aliphatic heterocycles. The molecule has 0 spiro atoms. The Morgan fingerprint density at radius 3 is 2.64 bits per heavy atom. The van der Waals surface area contributed by atoms with Crippen LogP contribution in [0.2, 0.25) is 0 Å². The molecule has 1 aromatic rings. The molecule has 2 rings (SSSR count). The van der Waals surface area contributed by atoms with Crippen molar-refractivity contribution in [1.82, 2.24) is 9.97 Å². The van der Waals surface area contributed by atoms with E-state index in [1.54, 1.807) is 12.4 Å². The number of aromatic nitrogens is 2. The average Bonchev–Trinajstić information content (AvgIpc) is 2.71. The first-order valence-corrected chi connectivity index (χ1v) is 4.93. The molecule has 5 heteroatoms. The zero-order valence-corrected chi connectivity index (χ0v) is 8.03. The molecule has 0 amide bonds. The molecule has 5 nitrogen and oxygen atoms in total. The van der Waals surface area contributed by atoms with Crippen LogP contribution in [0.5, 0.6) is 0 Å². The third-order valence-electron chi connectivity index (χ3n) is 2.49. The fourth-order valence-corrected chi connectivity index (χ4v) is 1.78. The number of anilines is 2. The molecule has 14 heavy (non-hydrogen) atoms. The van der Waals surface area contributed by atoms with Crippen molar-refractivity contribution in [3.8, 4) is 0 Å². The largest absolute Gasteiger partial charge is 0.366 e. The highest BCUT2D eigenvalue weighted by Crippen LogP contribution is 2.21. The maximum Gasteiger partial charge on any atom is 0.160 e. The quantitative estimate of drug-likeness (QED) is 0.495. The normalized spacial score (nSPS) is 16.9. The van der Waals surface area contributed by atoms with Crippen LogP contribution in [0.3, 0.4) is 0 Å². The lowest BCUT2D eigenvalue weighted by Crippen LogP contribution is -2.17. The summed E-state index contributed by atoms with van der Waals surface area (Å²) in [5.41, 5.74) is 2.48. The number of nitrogens with one attached hydrogen (secondary N) is 2. The van der Waals surface area contributed by atoms with Crippen LogP contribution in [0.25, 0.3) is 0 Å². The van der Waals surface area contributed by atoms with Gasteiger partial charge in [-0.3, -0.25) is 4.98 Å². The molecule has 1 fully saturated rings. The van der Waals surface area contributed by atoms with E-state index >= 15 is 0 Å². The Labute approximate surface area is 83.1 Å². The summed E-state index contributed by atoms with van der Waals surface area (Å²) in [5, 5.41) is 3.35. The molecule has 1 heterocycles. The van der Waals surface area contributed by atoms with Crippen LogP contribution in [-0.4, -0.2) is 16.0 Å². The summed E-state index contributed by atoms with van der Waals surface area (Å²) in [6, 6.07) is 0.553. The van der Waals surface area contributed by atoms with Gasteiger partial charge < -0.3 is 10.7 Å². The molecule has 0 saturated heterocycles. The molecule has 1 aliphatic carbocycles. The maximum absolute atomic E-state index is 5.25. The van der Waals surface area contributed by atoms with E-state index in [1.807, 2.05) is 0 Å². The van der Waals surface area contributed by atoms with Crippen molar-refractivity contribution in [3.05, 3.63) is 12.4 Å². The summed E-state index contributed by atoms with van der Waals surface area (Å²) >= 11 is 0. The second kappa shape index (κ2) is 4.23. The van der Waals surface area contributed by atoms with Gasteiger partial charge in [-0.05, 0) is 12.8 Å². The minimum absolute atomic E-state index is 0.553. The molecule has 0 bridgehead atoms. The van der Waals surface area contributed by atoms with Gasteiger partial charge in [-0.1, -0.05) is 12.8 Å². The molecule has 0 aromatic carbocycles. The highest BCUT2D eigenvalue weighted by atomic mass is 15.3. The van der Waals surface area contributed by atoms with Crippen LogP contribution < -0.4 is 16.6 Å². The van der Waals surface area contributed by atoms with Crippen molar-refractivity contribution in [2.45, 2.75) is 31.7 Å². The molecule has 0 unspecified atom stereocenters. The van der Waals surface area contributed by atoms with E-state index in [0.29, 0.717) is 11.9 Å². The van der Waals surface area contributed by atoms with Crippen molar-refractivity contribution in [3.63, 3.8) is 0 Å². The first-order valence-electron chi connectivity index (χ1n) is 4.93. The van der Waals surface area contributed by atoms with Crippen LogP contribution in [0, 0.1) is 0 Å². The minimum atomic E-state index is 0.553. The van der Waals surface area contributed by atoms with E-state index in [2.05, 4.69) is 20.7 Å². The van der Waals surface area contributed by atoms with E-state index in [-0.39, 0.29) is 0 Å². The van der Waals surface area contributed by atoms with Crippen LogP contribution in [-0.2, 0) is 0 Å². The third-order valence-corrected chi connectivity index (χ3v) is 2.49. The van der Waals surface area contributed by atoms with Gasteiger partial charge in [-0.2, -0.15) is 0 Å². The first kappa shape index (κ1) is 9.21. The van der Waals surface area contributed by atoms with Gasteiger partial charge >= 0.3 is 0 Å². The van der Waals surface area contributed by atoms with Crippen LogP contribution >= 0.6 is 0 Å². The zero-order chi connectivity index (χ0) is 9.80. The highest BCUT2D eigenvalue weighted by molar-refractivity contribution is 5.41. The van der Waals surface area contributed by atoms with Crippen LogP contribution in [0.1, 0.15) is 25.7 Å². The number of hydrazine groups is 1. The third kappa shape index (κ3) is 2.11. The van der Waals surface area contributed by atoms with Gasteiger partial charge in [0.05, 0.1) is 12.4 Å². The fraction of sp³-hybridized carbons (Fsp3) is 0.556. The van der Waals surface area contributed by atoms with E-state index in [0.717, 1.165) is 5.82 Å². The molecule has 4 N–H and O–H groups in total. The Kier molecular flexibility index (Phi) is 2.78. The summed E-state index contributed by atoms with van der Waals surface area (Å²) in [5.74, 6) is 6.64. The van der Waals surface area contributed by atoms with Crippen molar-refractivity contribution in [2.75, 3.05) is 10.7 Å². The van der Waals surface area contributed by atoms with Crippen molar-refractivity contribution >= 4 is 11.6 Å². The number of hydrogen-bond donors (Lipinski definition) is 3. The number of nitrogens with two attached hydrogens (primary N) is 1. The van der Waals surface area contributed by atoms with Crippen LogP contribution in [0.4, 0.5) is 11.6 Å². The van der Waals surface area contributed by atoms with Crippen LogP contribution in [0.15, 0.2) is 12.4 Å². The smallest absolute Gasteiger partial charge is 0.160 e. The summed E-state index contributed by atoms with van der Waals surface area (Å²) in [6.07, 6.45) is 8.38. The highest BCUT2D eigenvalue weighted by Gasteiger charge is 2.14. The predicted octanol–water partition coefficient (Wildman–Crippen LogP) is 1.12. The molecule has 1 aliphatic rings. The summed E-state index contributed by atoms with van der Waals surface area (Å²) in [6.45, 7) is 0. The molecule has 1 aromatic heterocycles. The van der Waals surface area contributed by atoms with Crippen molar-refractivity contribution in [2.24, 2.45) is 5.84 Å². The Balaban J connectivity index is 2.00. The van der Waals surface area contributed by atoms with Crippen molar-refractivity contribution < 1.29 is 0 Å².